The van der Waals surface area contributed by atoms with E-state index in [1.54, 1.807) is 0 Å². The van der Waals surface area contributed by atoms with Crippen LogP contribution in [0.2, 0.25) is 0 Å². The van der Waals surface area contributed by atoms with Crippen molar-refractivity contribution in [2.75, 3.05) is 26.2 Å². The zero-order valence-electron chi connectivity index (χ0n) is 16.3. The molecule has 0 aliphatic carbocycles. The van der Waals surface area contributed by atoms with E-state index in [-0.39, 0.29) is 18.0 Å². The molecule has 1 amide bonds. The van der Waals surface area contributed by atoms with E-state index in [4.69, 9.17) is 0 Å². The van der Waals surface area contributed by atoms with Crippen molar-refractivity contribution in [1.82, 2.24) is 20.9 Å². The molecule has 0 aromatic heterocycles. The minimum absolute atomic E-state index is 0.0688. The molecular weight excluding hydrogens is 290 g/mol. The first-order valence-electron chi connectivity index (χ1n) is 8.65. The molecule has 0 heterocycles. The number of rotatable bonds is 8. The van der Waals surface area contributed by atoms with Gasteiger partial charge in [0.15, 0.2) is 5.96 Å². The van der Waals surface area contributed by atoms with Crippen LogP contribution in [0.15, 0.2) is 4.99 Å². The molecule has 0 atom stereocenters. The first kappa shape index (κ1) is 21.7. The Bertz CT molecular complexity index is 364. The highest BCUT2D eigenvalue weighted by molar-refractivity contribution is 5.85. The predicted molar refractivity (Wildman–Crippen MR) is 98.9 cm³/mol. The summed E-state index contributed by atoms with van der Waals surface area (Å²) in [5.41, 5.74) is -0.229. The molecule has 136 valence electrons. The topological polar surface area (TPSA) is 68.8 Å². The Kier molecular flexibility index (Phi) is 9.88. The van der Waals surface area contributed by atoms with Gasteiger partial charge in [0, 0.05) is 37.3 Å². The number of nitrogens with zero attached hydrogens (tertiary/aromatic N) is 2. The maximum atomic E-state index is 11.8. The van der Waals surface area contributed by atoms with Gasteiger partial charge in [0.2, 0.25) is 5.91 Å². The molecule has 0 aromatic rings. The Hall–Kier alpha value is -1.30. The van der Waals surface area contributed by atoms with Crippen molar-refractivity contribution in [3.05, 3.63) is 0 Å². The van der Waals surface area contributed by atoms with Gasteiger partial charge in [-0.1, -0.05) is 0 Å². The minimum Gasteiger partial charge on any atom is -0.357 e. The molecule has 0 fully saturated rings. The molecule has 6 heteroatoms. The molecule has 0 spiro atoms. The number of carbonyl (C=O) groups is 1. The van der Waals surface area contributed by atoms with Crippen molar-refractivity contribution in [3.8, 4) is 0 Å². The van der Waals surface area contributed by atoms with E-state index in [9.17, 15) is 4.79 Å². The summed E-state index contributed by atoms with van der Waals surface area (Å²) in [5, 5.41) is 9.38. The normalized spacial score (nSPS) is 12.9. The average molecular weight is 328 g/mol. The van der Waals surface area contributed by atoms with E-state index in [0.29, 0.717) is 18.0 Å². The summed E-state index contributed by atoms with van der Waals surface area (Å²) in [4.78, 5) is 18.6. The van der Waals surface area contributed by atoms with Crippen molar-refractivity contribution in [1.29, 1.82) is 0 Å². The van der Waals surface area contributed by atoms with Gasteiger partial charge in [0.1, 0.15) is 6.54 Å². The number of carbonyl (C=O) groups excluding carboxylic acids is 1. The number of aliphatic imine (C=N–C) groups is 1. The van der Waals surface area contributed by atoms with E-state index >= 15 is 0 Å². The third kappa shape index (κ3) is 11.0. The second-order valence-electron chi connectivity index (χ2n) is 7.35. The van der Waals surface area contributed by atoms with Gasteiger partial charge in [-0.3, -0.25) is 9.69 Å². The highest BCUT2D eigenvalue weighted by Crippen LogP contribution is 2.03. The van der Waals surface area contributed by atoms with Crippen molar-refractivity contribution in [3.63, 3.8) is 0 Å². The highest BCUT2D eigenvalue weighted by Gasteiger charge is 2.14. The summed E-state index contributed by atoms with van der Waals surface area (Å²) in [5.74, 6) is 0.615. The molecule has 0 unspecified atom stereocenters. The van der Waals surface area contributed by atoms with Gasteiger partial charge in [-0.15, -0.1) is 0 Å². The van der Waals surface area contributed by atoms with Crippen molar-refractivity contribution < 1.29 is 4.79 Å². The number of guanidine groups is 1. The summed E-state index contributed by atoms with van der Waals surface area (Å²) < 4.78 is 0. The summed E-state index contributed by atoms with van der Waals surface area (Å²) in [6.07, 6.45) is 0. The van der Waals surface area contributed by atoms with Crippen molar-refractivity contribution in [2.45, 2.75) is 73.0 Å². The van der Waals surface area contributed by atoms with Crippen molar-refractivity contribution in [2.24, 2.45) is 4.99 Å². The van der Waals surface area contributed by atoms with Gasteiger partial charge in [0.25, 0.3) is 0 Å². The first-order chi connectivity index (χ1) is 10.6. The van der Waals surface area contributed by atoms with Crippen molar-refractivity contribution >= 4 is 11.9 Å². The Balaban J connectivity index is 4.45. The summed E-state index contributed by atoms with van der Waals surface area (Å²) in [6.45, 7) is 19.4. The van der Waals surface area contributed by atoms with Crippen LogP contribution in [-0.4, -0.2) is 60.6 Å². The van der Waals surface area contributed by atoms with Gasteiger partial charge in [-0.25, -0.2) is 4.99 Å². The Labute approximate surface area is 142 Å². The fourth-order valence-electron chi connectivity index (χ4n) is 2.37. The number of hydrogen-bond acceptors (Lipinski definition) is 3. The molecule has 23 heavy (non-hydrogen) atoms. The van der Waals surface area contributed by atoms with E-state index in [1.807, 2.05) is 27.7 Å². The van der Waals surface area contributed by atoms with Gasteiger partial charge in [0.05, 0.1) is 0 Å². The highest BCUT2D eigenvalue weighted by atomic mass is 16.2. The molecule has 0 saturated carbocycles. The summed E-state index contributed by atoms with van der Waals surface area (Å²) in [7, 11) is 0. The standard InChI is InChI=1S/C17H37N5O/c1-9-18-16(20-12-15(23)21-17(6,7)8)19-10-11-22(13(2)3)14(4)5/h13-14H,9-12H2,1-8H3,(H,21,23)(H2,18,19,20). The first-order valence-corrected chi connectivity index (χ1v) is 8.65. The lowest BCUT2D eigenvalue weighted by molar-refractivity contribution is -0.121. The zero-order valence-corrected chi connectivity index (χ0v) is 16.3. The van der Waals surface area contributed by atoms with Crippen LogP contribution in [0.1, 0.15) is 55.4 Å². The van der Waals surface area contributed by atoms with Crippen LogP contribution < -0.4 is 16.0 Å². The zero-order chi connectivity index (χ0) is 18.0. The maximum absolute atomic E-state index is 11.8. The Morgan fingerprint density at radius 2 is 1.65 bits per heavy atom. The van der Waals surface area contributed by atoms with E-state index in [0.717, 1.165) is 19.6 Å². The van der Waals surface area contributed by atoms with Crippen LogP contribution in [0, 0.1) is 0 Å². The molecule has 3 N–H and O–H groups in total. The lowest BCUT2D eigenvalue weighted by atomic mass is 10.1. The molecule has 6 nitrogen and oxygen atoms in total. The van der Waals surface area contributed by atoms with Crippen LogP contribution in [-0.2, 0) is 4.79 Å². The average Bonchev–Trinajstić information content (AvgIpc) is 2.37. The fraction of sp³-hybridized carbons (Fsp3) is 0.882. The second kappa shape index (κ2) is 10.5. The molecule has 0 bridgehead atoms. The summed E-state index contributed by atoms with van der Waals surface area (Å²) >= 11 is 0. The van der Waals surface area contributed by atoms with Crippen LogP contribution in [0.3, 0.4) is 0 Å². The van der Waals surface area contributed by atoms with Gasteiger partial charge in [-0.05, 0) is 55.4 Å². The lowest BCUT2D eigenvalue weighted by Gasteiger charge is -2.30. The Morgan fingerprint density at radius 3 is 2.09 bits per heavy atom. The molecule has 0 aliphatic heterocycles. The SMILES string of the molecule is CCNC(=NCC(=O)NC(C)(C)C)NCCN(C(C)C)C(C)C. The molecule has 0 saturated heterocycles. The monoisotopic (exact) mass is 327 g/mol. The van der Waals surface area contributed by atoms with Crippen LogP contribution in [0.25, 0.3) is 0 Å². The number of hydrogen-bond donors (Lipinski definition) is 3. The third-order valence-corrected chi connectivity index (χ3v) is 3.23. The lowest BCUT2D eigenvalue weighted by Crippen LogP contribution is -2.46. The smallest absolute Gasteiger partial charge is 0.242 e. The van der Waals surface area contributed by atoms with Crippen LogP contribution in [0.5, 0.6) is 0 Å². The fourth-order valence-corrected chi connectivity index (χ4v) is 2.37. The largest absolute Gasteiger partial charge is 0.357 e. The molecule has 0 radical (unpaired) electrons. The maximum Gasteiger partial charge on any atom is 0.242 e. The number of nitrogens with one attached hydrogen (secondary N) is 3. The van der Waals surface area contributed by atoms with E-state index in [2.05, 4.69) is 53.5 Å². The van der Waals surface area contributed by atoms with Gasteiger partial charge in [-0.2, -0.15) is 0 Å². The third-order valence-electron chi connectivity index (χ3n) is 3.23. The molecular formula is C17H37N5O. The van der Waals surface area contributed by atoms with E-state index < -0.39 is 0 Å². The predicted octanol–water partition coefficient (Wildman–Crippen LogP) is 1.58. The quantitative estimate of drug-likeness (QED) is 0.468. The molecule has 0 rings (SSSR count). The molecule has 0 aliphatic rings. The van der Waals surface area contributed by atoms with Gasteiger partial charge < -0.3 is 16.0 Å². The Morgan fingerprint density at radius 1 is 1.09 bits per heavy atom. The van der Waals surface area contributed by atoms with Crippen LogP contribution in [0.4, 0.5) is 0 Å². The molecule has 0 aromatic carbocycles. The minimum atomic E-state index is -0.229. The van der Waals surface area contributed by atoms with E-state index in [1.165, 1.54) is 0 Å². The van der Waals surface area contributed by atoms with Gasteiger partial charge >= 0.3 is 0 Å². The summed E-state index contributed by atoms with van der Waals surface area (Å²) in [6, 6.07) is 1.02. The second-order valence-corrected chi connectivity index (χ2v) is 7.35. The van der Waals surface area contributed by atoms with Crippen LogP contribution >= 0.6 is 0 Å². The number of amides is 1.